The average molecular weight is 319 g/mol. The zero-order valence-electron chi connectivity index (χ0n) is 10.6. The van der Waals surface area contributed by atoms with Gasteiger partial charge in [-0.15, -0.1) is 0 Å². The number of primary amides is 1. The van der Waals surface area contributed by atoms with Crippen molar-refractivity contribution < 1.29 is 4.79 Å². The van der Waals surface area contributed by atoms with Gasteiger partial charge in [0.25, 0.3) is 0 Å². The van der Waals surface area contributed by atoms with E-state index in [1.165, 1.54) is 0 Å². The second-order valence-corrected chi connectivity index (χ2v) is 5.29. The Kier molecular flexibility index (Phi) is 4.22. The number of rotatable bonds is 4. The van der Waals surface area contributed by atoms with Crippen LogP contribution < -0.4 is 11.1 Å². The van der Waals surface area contributed by atoms with E-state index < -0.39 is 5.91 Å². The SMILES string of the molecule is Cc1cc(C(N)=O)ccc1CNc1cccc(Br)c1. The molecular formula is C15H15BrN2O. The number of benzene rings is 2. The summed E-state index contributed by atoms with van der Waals surface area (Å²) >= 11 is 3.44. The van der Waals surface area contributed by atoms with E-state index in [0.717, 1.165) is 21.3 Å². The van der Waals surface area contributed by atoms with Crippen LogP contribution in [-0.2, 0) is 6.54 Å². The minimum absolute atomic E-state index is 0.394. The van der Waals surface area contributed by atoms with Crippen LogP contribution in [0.1, 0.15) is 21.5 Å². The fourth-order valence-electron chi connectivity index (χ4n) is 1.84. The molecule has 98 valence electrons. The molecule has 2 aromatic rings. The number of halogens is 1. The summed E-state index contributed by atoms with van der Waals surface area (Å²) in [5.74, 6) is -0.394. The molecular weight excluding hydrogens is 304 g/mol. The topological polar surface area (TPSA) is 55.1 Å². The second-order valence-electron chi connectivity index (χ2n) is 4.37. The van der Waals surface area contributed by atoms with Gasteiger partial charge in [-0.05, 0) is 48.4 Å². The van der Waals surface area contributed by atoms with Crippen LogP contribution in [0, 0.1) is 6.92 Å². The van der Waals surface area contributed by atoms with Crippen LogP contribution in [0.15, 0.2) is 46.9 Å². The van der Waals surface area contributed by atoms with Gasteiger partial charge in [-0.3, -0.25) is 4.79 Å². The Morgan fingerprint density at radius 3 is 2.68 bits per heavy atom. The van der Waals surface area contributed by atoms with Gasteiger partial charge in [0.2, 0.25) is 5.91 Å². The van der Waals surface area contributed by atoms with Gasteiger partial charge in [0.1, 0.15) is 0 Å². The zero-order chi connectivity index (χ0) is 13.8. The maximum absolute atomic E-state index is 11.1. The highest BCUT2D eigenvalue weighted by Gasteiger charge is 2.04. The minimum Gasteiger partial charge on any atom is -0.381 e. The first-order valence-electron chi connectivity index (χ1n) is 5.95. The Morgan fingerprint density at radius 2 is 2.05 bits per heavy atom. The first kappa shape index (κ1) is 13.6. The molecule has 0 fully saturated rings. The van der Waals surface area contributed by atoms with Crippen LogP contribution in [0.4, 0.5) is 5.69 Å². The number of anilines is 1. The summed E-state index contributed by atoms with van der Waals surface area (Å²) in [7, 11) is 0. The number of hydrogen-bond donors (Lipinski definition) is 2. The van der Waals surface area contributed by atoms with Crippen molar-refractivity contribution in [2.75, 3.05) is 5.32 Å². The Morgan fingerprint density at radius 1 is 1.26 bits per heavy atom. The molecule has 1 amide bonds. The largest absolute Gasteiger partial charge is 0.381 e. The van der Waals surface area contributed by atoms with Crippen molar-refractivity contribution in [3.05, 3.63) is 63.6 Å². The Hall–Kier alpha value is -1.81. The molecule has 0 aliphatic carbocycles. The molecule has 0 aliphatic heterocycles. The predicted molar refractivity (Wildman–Crippen MR) is 81.2 cm³/mol. The highest BCUT2D eigenvalue weighted by Crippen LogP contribution is 2.18. The van der Waals surface area contributed by atoms with E-state index in [1.54, 1.807) is 6.07 Å². The molecule has 19 heavy (non-hydrogen) atoms. The maximum atomic E-state index is 11.1. The lowest BCUT2D eigenvalue weighted by molar-refractivity contribution is 0.1000. The lowest BCUT2D eigenvalue weighted by Gasteiger charge is -2.10. The summed E-state index contributed by atoms with van der Waals surface area (Å²) in [6.45, 7) is 2.69. The van der Waals surface area contributed by atoms with Gasteiger partial charge in [-0.1, -0.05) is 28.1 Å². The first-order valence-corrected chi connectivity index (χ1v) is 6.74. The number of carbonyl (C=O) groups excluding carboxylic acids is 1. The molecule has 0 atom stereocenters. The molecule has 0 aliphatic rings. The van der Waals surface area contributed by atoms with E-state index in [0.29, 0.717) is 12.1 Å². The predicted octanol–water partition coefficient (Wildman–Crippen LogP) is 3.47. The molecule has 2 aromatic carbocycles. The summed E-state index contributed by atoms with van der Waals surface area (Å²) in [6, 6.07) is 13.5. The van der Waals surface area contributed by atoms with Crippen LogP contribution in [-0.4, -0.2) is 5.91 Å². The summed E-state index contributed by atoms with van der Waals surface area (Å²) < 4.78 is 1.04. The number of aryl methyl sites for hydroxylation is 1. The molecule has 0 bridgehead atoms. The highest BCUT2D eigenvalue weighted by atomic mass is 79.9. The second kappa shape index (κ2) is 5.89. The third-order valence-corrected chi connectivity index (χ3v) is 3.43. The summed E-state index contributed by atoms with van der Waals surface area (Å²) in [5, 5.41) is 3.35. The number of amides is 1. The minimum atomic E-state index is -0.394. The lowest BCUT2D eigenvalue weighted by atomic mass is 10.0. The van der Waals surface area contributed by atoms with Crippen molar-refractivity contribution in [3.63, 3.8) is 0 Å². The number of hydrogen-bond acceptors (Lipinski definition) is 2. The molecule has 0 saturated heterocycles. The van der Waals surface area contributed by atoms with Crippen LogP contribution in [0.3, 0.4) is 0 Å². The van der Waals surface area contributed by atoms with Crippen molar-refractivity contribution in [3.8, 4) is 0 Å². The van der Waals surface area contributed by atoms with Gasteiger partial charge in [0.15, 0.2) is 0 Å². The Bertz CT molecular complexity index is 611. The quantitative estimate of drug-likeness (QED) is 0.906. The monoisotopic (exact) mass is 318 g/mol. The molecule has 0 spiro atoms. The summed E-state index contributed by atoms with van der Waals surface area (Å²) in [4.78, 5) is 11.1. The van der Waals surface area contributed by atoms with Crippen LogP contribution in [0.5, 0.6) is 0 Å². The van der Waals surface area contributed by atoms with Crippen LogP contribution in [0.2, 0.25) is 0 Å². The third kappa shape index (κ3) is 3.58. The van der Waals surface area contributed by atoms with Crippen molar-refractivity contribution in [1.29, 1.82) is 0 Å². The Balaban J connectivity index is 2.10. The fraction of sp³-hybridized carbons (Fsp3) is 0.133. The van der Waals surface area contributed by atoms with Crippen LogP contribution in [0.25, 0.3) is 0 Å². The standard InChI is InChI=1S/C15H15BrN2O/c1-10-7-11(15(17)19)5-6-12(10)9-18-14-4-2-3-13(16)8-14/h2-8,18H,9H2,1H3,(H2,17,19). The average Bonchev–Trinajstić information content (AvgIpc) is 2.37. The summed E-state index contributed by atoms with van der Waals surface area (Å²) in [5.41, 5.74) is 9.05. The first-order chi connectivity index (χ1) is 9.06. The molecule has 0 heterocycles. The molecule has 0 unspecified atom stereocenters. The lowest BCUT2D eigenvalue weighted by Crippen LogP contribution is -2.11. The number of nitrogens with two attached hydrogens (primary N) is 1. The van der Waals surface area contributed by atoms with Gasteiger partial charge in [-0.2, -0.15) is 0 Å². The molecule has 0 aromatic heterocycles. The zero-order valence-corrected chi connectivity index (χ0v) is 12.2. The smallest absolute Gasteiger partial charge is 0.248 e. The van der Waals surface area contributed by atoms with Crippen molar-refractivity contribution in [2.45, 2.75) is 13.5 Å². The normalized spacial score (nSPS) is 10.2. The Labute approximate surface area is 121 Å². The van der Waals surface area contributed by atoms with E-state index in [4.69, 9.17) is 5.73 Å². The molecule has 0 saturated carbocycles. The number of nitrogens with one attached hydrogen (secondary N) is 1. The molecule has 0 radical (unpaired) electrons. The van der Waals surface area contributed by atoms with E-state index in [2.05, 4.69) is 21.2 Å². The highest BCUT2D eigenvalue weighted by molar-refractivity contribution is 9.10. The van der Waals surface area contributed by atoms with Crippen molar-refractivity contribution >= 4 is 27.5 Å². The summed E-state index contributed by atoms with van der Waals surface area (Å²) in [6.07, 6.45) is 0. The van der Waals surface area contributed by atoms with Gasteiger partial charge in [0.05, 0.1) is 0 Å². The third-order valence-electron chi connectivity index (χ3n) is 2.93. The number of carbonyl (C=O) groups is 1. The van der Waals surface area contributed by atoms with E-state index in [-0.39, 0.29) is 0 Å². The molecule has 4 heteroatoms. The molecule has 3 nitrogen and oxygen atoms in total. The van der Waals surface area contributed by atoms with Gasteiger partial charge in [0, 0.05) is 22.3 Å². The van der Waals surface area contributed by atoms with Crippen molar-refractivity contribution in [1.82, 2.24) is 0 Å². The van der Waals surface area contributed by atoms with E-state index in [9.17, 15) is 4.79 Å². The molecule has 3 N–H and O–H groups in total. The van der Waals surface area contributed by atoms with Crippen LogP contribution >= 0.6 is 15.9 Å². The fourth-order valence-corrected chi connectivity index (χ4v) is 2.24. The van der Waals surface area contributed by atoms with Crippen molar-refractivity contribution in [2.24, 2.45) is 5.73 Å². The van der Waals surface area contributed by atoms with E-state index >= 15 is 0 Å². The van der Waals surface area contributed by atoms with Gasteiger partial charge >= 0.3 is 0 Å². The van der Waals surface area contributed by atoms with E-state index in [1.807, 2.05) is 43.3 Å². The molecule has 2 rings (SSSR count). The van der Waals surface area contributed by atoms with Gasteiger partial charge < -0.3 is 11.1 Å². The van der Waals surface area contributed by atoms with Gasteiger partial charge in [-0.25, -0.2) is 0 Å². The maximum Gasteiger partial charge on any atom is 0.248 e.